The largest absolute Gasteiger partial charge is 0.359 e. The third-order valence-corrected chi connectivity index (χ3v) is 6.14. The molecule has 0 aliphatic carbocycles. The molecule has 4 aromatic carbocycles. The Hall–Kier alpha value is -3.72. The van der Waals surface area contributed by atoms with E-state index in [4.69, 9.17) is 0 Å². The van der Waals surface area contributed by atoms with Crippen LogP contribution in [0.2, 0.25) is 0 Å². The van der Waals surface area contributed by atoms with E-state index in [0.717, 1.165) is 0 Å². The maximum atomic E-state index is 3.74. The fourth-order valence-corrected chi connectivity index (χ4v) is 4.93. The van der Waals surface area contributed by atoms with Crippen LogP contribution in [0, 0.1) is 0 Å². The second-order valence-corrected chi connectivity index (χ2v) is 7.61. The number of aromatic nitrogens is 1. The first-order chi connectivity index (χ1) is 13.9. The van der Waals surface area contributed by atoms with Crippen LogP contribution in [0.15, 0.2) is 84.9 Å². The summed E-state index contributed by atoms with van der Waals surface area (Å²) in [4.78, 5) is 6.04. The summed E-state index contributed by atoms with van der Waals surface area (Å²) >= 11 is 0. The van der Waals surface area contributed by atoms with Gasteiger partial charge in [0.15, 0.2) is 0 Å². The Morgan fingerprint density at radius 2 is 1.43 bits per heavy atom. The minimum Gasteiger partial charge on any atom is -0.359 e. The number of anilines is 3. The van der Waals surface area contributed by atoms with Crippen molar-refractivity contribution in [2.45, 2.75) is 6.17 Å². The van der Waals surface area contributed by atoms with E-state index in [1.807, 2.05) is 0 Å². The molecule has 132 valence electrons. The van der Waals surface area contributed by atoms with E-state index in [-0.39, 0.29) is 6.17 Å². The van der Waals surface area contributed by atoms with Gasteiger partial charge in [-0.05, 0) is 42.0 Å². The average Bonchev–Trinajstić information content (AvgIpc) is 3.31. The standard InChI is InChI=1S/C25H17N3/c1-3-9-20-15(7-1)18-13-17-16-8-2-5-11-23(16)28-24-12-6-4-10-21(24)27-25(28)19(17)14-22(18)26-20/h1-14,25-27H. The lowest BCUT2D eigenvalue weighted by Gasteiger charge is -2.35. The highest BCUT2D eigenvalue weighted by Gasteiger charge is 2.37. The summed E-state index contributed by atoms with van der Waals surface area (Å²) in [5, 5.41) is 6.31. The average molecular weight is 359 g/mol. The van der Waals surface area contributed by atoms with Crippen LogP contribution in [0.1, 0.15) is 11.7 Å². The third kappa shape index (κ3) is 1.69. The van der Waals surface area contributed by atoms with E-state index in [1.165, 1.54) is 55.6 Å². The summed E-state index contributed by atoms with van der Waals surface area (Å²) in [6.45, 7) is 0. The fraction of sp³-hybridized carbons (Fsp3) is 0.0400. The molecule has 0 saturated carbocycles. The van der Waals surface area contributed by atoms with E-state index in [2.05, 4.69) is 100 Å². The maximum absolute atomic E-state index is 3.74. The summed E-state index contributed by atoms with van der Waals surface area (Å²) in [5.41, 5.74) is 9.98. The lowest BCUT2D eigenvalue weighted by Crippen LogP contribution is -2.27. The molecule has 1 atom stereocenters. The smallest absolute Gasteiger partial charge is 0.131 e. The molecule has 2 N–H and O–H groups in total. The normalized spacial score (nSPS) is 16.4. The second-order valence-electron chi connectivity index (χ2n) is 7.61. The monoisotopic (exact) mass is 359 g/mol. The number of hydrogen-bond acceptors (Lipinski definition) is 2. The molecule has 0 radical (unpaired) electrons. The summed E-state index contributed by atoms with van der Waals surface area (Å²) in [6, 6.07) is 30.6. The first-order valence-electron chi connectivity index (χ1n) is 9.67. The SMILES string of the molecule is c1ccc2c(c1)NC1c3cc4[nH]c5ccccc5c4cc3-c3ccccc3N21. The van der Waals surface area contributed by atoms with Crippen molar-refractivity contribution in [2.24, 2.45) is 0 Å². The molecule has 0 spiro atoms. The Morgan fingerprint density at radius 1 is 0.643 bits per heavy atom. The van der Waals surface area contributed by atoms with Gasteiger partial charge < -0.3 is 15.2 Å². The molecule has 28 heavy (non-hydrogen) atoms. The number of nitrogens with zero attached hydrogens (tertiary/aromatic N) is 1. The number of aromatic amines is 1. The lowest BCUT2D eigenvalue weighted by molar-refractivity contribution is 0.820. The summed E-state index contributed by atoms with van der Waals surface area (Å²) in [7, 11) is 0. The summed E-state index contributed by atoms with van der Waals surface area (Å²) in [6.07, 6.45) is 0.109. The van der Waals surface area contributed by atoms with Gasteiger partial charge in [-0.3, -0.25) is 0 Å². The Kier molecular flexibility index (Phi) is 2.54. The molecule has 3 nitrogen and oxygen atoms in total. The Morgan fingerprint density at radius 3 is 2.39 bits per heavy atom. The van der Waals surface area contributed by atoms with Crippen molar-refractivity contribution in [3.05, 3.63) is 90.5 Å². The second kappa shape index (κ2) is 4.96. The number of para-hydroxylation sites is 4. The predicted molar refractivity (Wildman–Crippen MR) is 116 cm³/mol. The third-order valence-electron chi connectivity index (χ3n) is 6.14. The van der Waals surface area contributed by atoms with E-state index in [1.54, 1.807) is 0 Å². The molecule has 3 heteroatoms. The van der Waals surface area contributed by atoms with E-state index in [0.29, 0.717) is 0 Å². The molecular weight excluding hydrogens is 342 g/mol. The highest BCUT2D eigenvalue weighted by molar-refractivity contribution is 6.10. The van der Waals surface area contributed by atoms with Crippen LogP contribution >= 0.6 is 0 Å². The molecule has 5 aromatic rings. The van der Waals surface area contributed by atoms with Crippen molar-refractivity contribution < 1.29 is 0 Å². The van der Waals surface area contributed by atoms with Gasteiger partial charge in [-0.15, -0.1) is 0 Å². The zero-order valence-electron chi connectivity index (χ0n) is 15.1. The molecule has 3 heterocycles. The lowest BCUT2D eigenvalue weighted by atomic mass is 9.90. The molecule has 7 rings (SSSR count). The molecule has 2 aliphatic rings. The van der Waals surface area contributed by atoms with Crippen LogP contribution in [-0.2, 0) is 0 Å². The van der Waals surface area contributed by atoms with Crippen molar-refractivity contribution in [2.75, 3.05) is 10.2 Å². The van der Waals surface area contributed by atoms with Crippen molar-refractivity contribution in [3.63, 3.8) is 0 Å². The van der Waals surface area contributed by atoms with Crippen LogP contribution in [0.4, 0.5) is 17.1 Å². The van der Waals surface area contributed by atoms with Crippen LogP contribution in [0.3, 0.4) is 0 Å². The van der Waals surface area contributed by atoms with Gasteiger partial charge in [-0.2, -0.15) is 0 Å². The first kappa shape index (κ1) is 14.4. The molecule has 0 amide bonds. The molecule has 2 aliphatic heterocycles. The van der Waals surface area contributed by atoms with E-state index in [9.17, 15) is 0 Å². The van der Waals surface area contributed by atoms with Crippen molar-refractivity contribution in [1.82, 2.24) is 4.98 Å². The van der Waals surface area contributed by atoms with Gasteiger partial charge in [0.25, 0.3) is 0 Å². The molecule has 1 unspecified atom stereocenters. The van der Waals surface area contributed by atoms with Gasteiger partial charge in [0.1, 0.15) is 6.17 Å². The zero-order valence-corrected chi connectivity index (χ0v) is 15.1. The van der Waals surface area contributed by atoms with E-state index >= 15 is 0 Å². The predicted octanol–water partition coefficient (Wildman–Crippen LogP) is 6.56. The molecule has 0 saturated heterocycles. The highest BCUT2D eigenvalue weighted by Crippen LogP contribution is 2.54. The van der Waals surface area contributed by atoms with Crippen molar-refractivity contribution >= 4 is 38.9 Å². The van der Waals surface area contributed by atoms with Gasteiger partial charge in [-0.1, -0.05) is 48.5 Å². The Balaban J connectivity index is 1.59. The molecule has 0 bridgehead atoms. The number of fused-ring (bicyclic) bond motifs is 11. The number of hydrogen-bond donors (Lipinski definition) is 2. The number of rotatable bonds is 0. The number of H-pyrrole nitrogens is 1. The van der Waals surface area contributed by atoms with Gasteiger partial charge in [-0.25, -0.2) is 0 Å². The van der Waals surface area contributed by atoms with Crippen LogP contribution in [0.5, 0.6) is 0 Å². The van der Waals surface area contributed by atoms with Crippen LogP contribution in [0.25, 0.3) is 32.9 Å². The van der Waals surface area contributed by atoms with Gasteiger partial charge >= 0.3 is 0 Å². The Bertz CT molecular complexity index is 1410. The fourth-order valence-electron chi connectivity index (χ4n) is 4.93. The minimum atomic E-state index is 0.109. The van der Waals surface area contributed by atoms with Crippen molar-refractivity contribution in [3.8, 4) is 11.1 Å². The highest BCUT2D eigenvalue weighted by atomic mass is 15.3. The van der Waals surface area contributed by atoms with Gasteiger partial charge in [0.2, 0.25) is 0 Å². The number of nitrogens with one attached hydrogen (secondary N) is 2. The molecule has 1 aromatic heterocycles. The van der Waals surface area contributed by atoms with E-state index < -0.39 is 0 Å². The topological polar surface area (TPSA) is 31.1 Å². The summed E-state index contributed by atoms with van der Waals surface area (Å²) < 4.78 is 0. The zero-order chi connectivity index (χ0) is 18.2. The molecular formula is C25H17N3. The molecule has 0 fully saturated rings. The van der Waals surface area contributed by atoms with Crippen molar-refractivity contribution in [1.29, 1.82) is 0 Å². The van der Waals surface area contributed by atoms with Crippen LogP contribution < -0.4 is 10.2 Å². The van der Waals surface area contributed by atoms with Crippen LogP contribution in [-0.4, -0.2) is 4.98 Å². The summed E-state index contributed by atoms with van der Waals surface area (Å²) in [5.74, 6) is 0. The Labute approximate surface area is 162 Å². The minimum absolute atomic E-state index is 0.109. The van der Waals surface area contributed by atoms with Gasteiger partial charge in [0, 0.05) is 32.9 Å². The van der Waals surface area contributed by atoms with Gasteiger partial charge in [0.05, 0.1) is 17.1 Å². The number of benzene rings is 4. The first-order valence-corrected chi connectivity index (χ1v) is 9.67. The quantitative estimate of drug-likeness (QED) is 0.328. The maximum Gasteiger partial charge on any atom is 0.131 e.